The topological polar surface area (TPSA) is 48.3 Å². The van der Waals surface area contributed by atoms with Gasteiger partial charge >= 0.3 is 0 Å². The van der Waals surface area contributed by atoms with Crippen molar-refractivity contribution in [2.24, 2.45) is 7.05 Å². The van der Waals surface area contributed by atoms with E-state index in [1.54, 1.807) is 14.2 Å². The first-order valence-electron chi connectivity index (χ1n) is 6.26. The molecule has 2 unspecified atom stereocenters. The van der Waals surface area contributed by atoms with Gasteiger partial charge in [0, 0.05) is 45.1 Å². The van der Waals surface area contributed by atoms with Crippen molar-refractivity contribution in [1.82, 2.24) is 15.1 Å². The Kier molecular flexibility index (Phi) is 5.78. The molecule has 1 heterocycles. The molecule has 1 aromatic rings. The van der Waals surface area contributed by atoms with Crippen LogP contribution in [0.3, 0.4) is 0 Å². The Morgan fingerprint density at radius 3 is 2.44 bits per heavy atom. The van der Waals surface area contributed by atoms with Gasteiger partial charge in [-0.25, -0.2) is 0 Å². The number of methoxy groups -OCH3 is 2. The highest BCUT2D eigenvalue weighted by Crippen LogP contribution is 2.20. The number of nitrogens with one attached hydrogen (secondary N) is 1. The zero-order chi connectivity index (χ0) is 13.7. The molecule has 0 bridgehead atoms. The Balaban J connectivity index is 2.62. The van der Waals surface area contributed by atoms with E-state index in [0.717, 1.165) is 12.2 Å². The van der Waals surface area contributed by atoms with Crippen LogP contribution in [0.4, 0.5) is 0 Å². The van der Waals surface area contributed by atoms with Crippen LogP contribution in [-0.4, -0.2) is 43.3 Å². The molecule has 1 aromatic heterocycles. The van der Waals surface area contributed by atoms with E-state index in [9.17, 15) is 0 Å². The quantitative estimate of drug-likeness (QED) is 0.799. The molecule has 18 heavy (non-hydrogen) atoms. The molecular formula is C13H25N3O2. The van der Waals surface area contributed by atoms with E-state index in [-0.39, 0.29) is 12.1 Å². The Hall–Kier alpha value is -0.910. The maximum absolute atomic E-state index is 5.33. The molecule has 0 aliphatic rings. The number of rotatable bonds is 7. The molecule has 0 aliphatic carbocycles. The number of ether oxygens (including phenoxy) is 2. The van der Waals surface area contributed by atoms with Gasteiger partial charge < -0.3 is 14.8 Å². The third-order valence-corrected chi connectivity index (χ3v) is 3.34. The first kappa shape index (κ1) is 15.1. The molecular weight excluding hydrogens is 230 g/mol. The standard InChI is InChI=1S/C13H25N3O2/c1-9(14-7-12(18-6)8-17-5)13-10(2)15-16(4)11(13)3/h9,12,14H,7-8H2,1-6H3. The fourth-order valence-corrected chi connectivity index (χ4v) is 2.22. The number of hydrogen-bond donors (Lipinski definition) is 1. The summed E-state index contributed by atoms with van der Waals surface area (Å²) in [6.45, 7) is 7.65. The molecule has 0 aromatic carbocycles. The van der Waals surface area contributed by atoms with Crippen molar-refractivity contribution in [3.63, 3.8) is 0 Å². The average molecular weight is 255 g/mol. The lowest BCUT2D eigenvalue weighted by Gasteiger charge is -2.19. The zero-order valence-corrected chi connectivity index (χ0v) is 12.3. The second kappa shape index (κ2) is 6.87. The Morgan fingerprint density at radius 2 is 2.00 bits per heavy atom. The van der Waals surface area contributed by atoms with Gasteiger partial charge in [0.2, 0.25) is 0 Å². The van der Waals surface area contributed by atoms with Crippen LogP contribution in [0.5, 0.6) is 0 Å². The van der Waals surface area contributed by atoms with Crippen LogP contribution in [0.2, 0.25) is 0 Å². The summed E-state index contributed by atoms with van der Waals surface area (Å²) in [5.74, 6) is 0. The monoisotopic (exact) mass is 255 g/mol. The smallest absolute Gasteiger partial charge is 0.0928 e. The van der Waals surface area contributed by atoms with Crippen molar-refractivity contribution in [2.75, 3.05) is 27.4 Å². The van der Waals surface area contributed by atoms with Gasteiger partial charge in [0.25, 0.3) is 0 Å². The molecule has 0 saturated carbocycles. The fraction of sp³-hybridized carbons (Fsp3) is 0.769. The van der Waals surface area contributed by atoms with E-state index in [2.05, 4.69) is 24.3 Å². The first-order valence-corrected chi connectivity index (χ1v) is 6.26. The van der Waals surface area contributed by atoms with Crippen molar-refractivity contribution in [1.29, 1.82) is 0 Å². The molecule has 0 amide bonds. The summed E-state index contributed by atoms with van der Waals surface area (Å²) in [6.07, 6.45) is 0.0785. The van der Waals surface area contributed by atoms with Crippen LogP contribution in [0.1, 0.15) is 29.9 Å². The van der Waals surface area contributed by atoms with Gasteiger partial charge in [0.1, 0.15) is 0 Å². The molecule has 1 N–H and O–H groups in total. The van der Waals surface area contributed by atoms with E-state index < -0.39 is 0 Å². The van der Waals surface area contributed by atoms with Gasteiger partial charge in [-0.1, -0.05) is 0 Å². The van der Waals surface area contributed by atoms with Gasteiger partial charge in [-0.3, -0.25) is 4.68 Å². The third-order valence-electron chi connectivity index (χ3n) is 3.34. The highest BCUT2D eigenvalue weighted by molar-refractivity contribution is 5.27. The van der Waals surface area contributed by atoms with Gasteiger partial charge in [-0.05, 0) is 20.8 Å². The molecule has 0 saturated heterocycles. The maximum atomic E-state index is 5.33. The lowest BCUT2D eigenvalue weighted by Crippen LogP contribution is -2.33. The van der Waals surface area contributed by atoms with Crippen LogP contribution in [0, 0.1) is 13.8 Å². The predicted molar refractivity (Wildman–Crippen MR) is 71.8 cm³/mol. The minimum atomic E-state index is 0.0785. The minimum Gasteiger partial charge on any atom is -0.382 e. The van der Waals surface area contributed by atoms with E-state index in [1.807, 2.05) is 18.7 Å². The Morgan fingerprint density at radius 1 is 1.33 bits per heavy atom. The van der Waals surface area contributed by atoms with Crippen molar-refractivity contribution in [2.45, 2.75) is 32.9 Å². The van der Waals surface area contributed by atoms with Crippen LogP contribution in [0.25, 0.3) is 0 Å². The van der Waals surface area contributed by atoms with E-state index in [0.29, 0.717) is 6.61 Å². The lowest BCUT2D eigenvalue weighted by molar-refractivity contribution is 0.0276. The van der Waals surface area contributed by atoms with Crippen LogP contribution in [-0.2, 0) is 16.5 Å². The summed E-state index contributed by atoms with van der Waals surface area (Å²) >= 11 is 0. The number of hydrogen-bond acceptors (Lipinski definition) is 4. The minimum absolute atomic E-state index is 0.0785. The molecule has 5 nitrogen and oxygen atoms in total. The van der Waals surface area contributed by atoms with Crippen molar-refractivity contribution in [3.8, 4) is 0 Å². The molecule has 0 radical (unpaired) electrons. The van der Waals surface area contributed by atoms with Crippen molar-refractivity contribution in [3.05, 3.63) is 17.0 Å². The maximum Gasteiger partial charge on any atom is 0.0928 e. The second-order valence-electron chi connectivity index (χ2n) is 4.65. The Bertz CT molecular complexity index is 377. The normalized spacial score (nSPS) is 14.8. The molecule has 104 valence electrons. The largest absolute Gasteiger partial charge is 0.382 e. The number of nitrogens with zero attached hydrogens (tertiary/aromatic N) is 2. The Labute approximate surface area is 109 Å². The number of aryl methyl sites for hydroxylation is 2. The van der Waals surface area contributed by atoms with Gasteiger partial charge in [0.15, 0.2) is 0 Å². The predicted octanol–water partition coefficient (Wildman–Crippen LogP) is 1.35. The summed E-state index contributed by atoms with van der Waals surface area (Å²) in [5, 5.41) is 7.91. The molecule has 0 aliphatic heterocycles. The first-order chi connectivity index (χ1) is 8.51. The molecule has 0 spiro atoms. The second-order valence-corrected chi connectivity index (χ2v) is 4.65. The van der Waals surface area contributed by atoms with E-state index in [4.69, 9.17) is 9.47 Å². The van der Waals surface area contributed by atoms with Crippen LogP contribution < -0.4 is 5.32 Å². The average Bonchev–Trinajstić information content (AvgIpc) is 2.58. The summed E-state index contributed by atoms with van der Waals surface area (Å²) in [6, 6.07) is 0.258. The van der Waals surface area contributed by atoms with Crippen molar-refractivity contribution >= 4 is 0 Å². The van der Waals surface area contributed by atoms with Gasteiger partial charge in [-0.2, -0.15) is 5.10 Å². The molecule has 0 fully saturated rings. The SMILES string of the molecule is COCC(CNC(C)c1c(C)nn(C)c1C)OC. The van der Waals surface area contributed by atoms with E-state index >= 15 is 0 Å². The van der Waals surface area contributed by atoms with Gasteiger partial charge in [-0.15, -0.1) is 0 Å². The number of aromatic nitrogens is 2. The zero-order valence-electron chi connectivity index (χ0n) is 12.3. The van der Waals surface area contributed by atoms with E-state index in [1.165, 1.54) is 11.3 Å². The molecule has 1 rings (SSSR count). The highest BCUT2D eigenvalue weighted by Gasteiger charge is 2.17. The summed E-state index contributed by atoms with van der Waals surface area (Å²) in [7, 11) is 5.36. The summed E-state index contributed by atoms with van der Waals surface area (Å²) < 4.78 is 12.4. The summed E-state index contributed by atoms with van der Waals surface area (Å²) in [4.78, 5) is 0. The third kappa shape index (κ3) is 3.54. The summed E-state index contributed by atoms with van der Waals surface area (Å²) in [5.41, 5.74) is 3.55. The van der Waals surface area contributed by atoms with Crippen molar-refractivity contribution < 1.29 is 9.47 Å². The van der Waals surface area contributed by atoms with Crippen LogP contribution >= 0.6 is 0 Å². The molecule has 2 atom stereocenters. The highest BCUT2D eigenvalue weighted by atomic mass is 16.5. The lowest BCUT2D eigenvalue weighted by atomic mass is 10.1. The van der Waals surface area contributed by atoms with Crippen LogP contribution in [0.15, 0.2) is 0 Å². The van der Waals surface area contributed by atoms with Gasteiger partial charge in [0.05, 0.1) is 18.4 Å². The molecule has 5 heteroatoms. The fourth-order valence-electron chi connectivity index (χ4n) is 2.22.